The van der Waals surface area contributed by atoms with Crippen molar-refractivity contribution in [3.63, 3.8) is 0 Å². The molecule has 0 bridgehead atoms. The van der Waals surface area contributed by atoms with E-state index in [1.807, 2.05) is 0 Å². The van der Waals surface area contributed by atoms with Crippen LogP contribution in [0.2, 0.25) is 0 Å². The van der Waals surface area contributed by atoms with E-state index in [0.717, 1.165) is 19.5 Å². The summed E-state index contributed by atoms with van der Waals surface area (Å²) in [5.41, 5.74) is 5.58. The Morgan fingerprint density at radius 3 is 2.80 bits per heavy atom. The molecule has 0 radical (unpaired) electrons. The van der Waals surface area contributed by atoms with Gasteiger partial charge in [-0.3, -0.25) is 9.69 Å². The first-order chi connectivity index (χ1) is 7.33. The average Bonchev–Trinajstić information content (AvgIpc) is 2.74. The second kappa shape index (κ2) is 4.94. The van der Waals surface area contributed by atoms with E-state index >= 15 is 0 Å². The summed E-state index contributed by atoms with van der Waals surface area (Å²) in [5.74, 6) is 0.179. The summed E-state index contributed by atoms with van der Waals surface area (Å²) in [7, 11) is 0. The van der Waals surface area contributed by atoms with Crippen LogP contribution in [0.3, 0.4) is 0 Å². The Hall–Kier alpha value is -0.610. The van der Waals surface area contributed by atoms with Crippen LogP contribution < -0.4 is 11.1 Å². The van der Waals surface area contributed by atoms with E-state index in [4.69, 9.17) is 5.73 Å². The maximum absolute atomic E-state index is 11.7. The summed E-state index contributed by atoms with van der Waals surface area (Å²) in [6.45, 7) is 2.40. The van der Waals surface area contributed by atoms with Gasteiger partial charge in [0.2, 0.25) is 5.91 Å². The molecule has 0 spiro atoms. The minimum atomic E-state index is 0.0341. The smallest absolute Gasteiger partial charge is 0.237 e. The van der Waals surface area contributed by atoms with Gasteiger partial charge in [0, 0.05) is 19.1 Å². The number of amides is 1. The Balaban J connectivity index is 2.01. The molecule has 1 aliphatic carbocycles. The predicted octanol–water partition coefficient (Wildman–Crippen LogP) is 0.0782. The van der Waals surface area contributed by atoms with Crippen LogP contribution >= 0.6 is 0 Å². The molecule has 1 saturated heterocycles. The summed E-state index contributed by atoms with van der Waals surface area (Å²) < 4.78 is 0. The molecular weight excluding hydrogens is 190 g/mol. The van der Waals surface area contributed by atoms with Crippen molar-refractivity contribution in [3.8, 4) is 0 Å². The number of nitrogens with two attached hydrogens (primary N) is 1. The first-order valence-corrected chi connectivity index (χ1v) is 6.06. The Kier molecular flexibility index (Phi) is 3.59. The van der Waals surface area contributed by atoms with E-state index in [1.54, 1.807) is 0 Å². The Morgan fingerprint density at radius 2 is 2.13 bits per heavy atom. The van der Waals surface area contributed by atoms with Crippen LogP contribution in [0.25, 0.3) is 0 Å². The third-order valence-corrected chi connectivity index (χ3v) is 3.61. The zero-order valence-electron chi connectivity index (χ0n) is 9.24. The minimum Gasteiger partial charge on any atom is -0.353 e. The second-order valence-corrected chi connectivity index (χ2v) is 4.56. The highest BCUT2D eigenvalue weighted by molar-refractivity contribution is 5.82. The van der Waals surface area contributed by atoms with Gasteiger partial charge in [-0.1, -0.05) is 12.8 Å². The standard InChI is InChI=1S/C11H21N3O/c12-6-5-10-11(15)13-7-8-14(10)9-3-1-2-4-9/h9-10H,1-8,12H2,(H,13,15). The Morgan fingerprint density at radius 1 is 1.40 bits per heavy atom. The summed E-state index contributed by atoms with van der Waals surface area (Å²) in [6, 6.07) is 0.666. The predicted molar refractivity (Wildman–Crippen MR) is 59.4 cm³/mol. The number of piperazine rings is 1. The lowest BCUT2D eigenvalue weighted by Crippen LogP contribution is -2.58. The van der Waals surface area contributed by atoms with Crippen molar-refractivity contribution >= 4 is 5.91 Å². The first kappa shape index (κ1) is 10.9. The Labute approximate surface area is 91.2 Å². The molecule has 2 aliphatic rings. The average molecular weight is 211 g/mol. The van der Waals surface area contributed by atoms with Crippen LogP contribution in [0.15, 0.2) is 0 Å². The number of nitrogens with zero attached hydrogens (tertiary/aromatic N) is 1. The topological polar surface area (TPSA) is 58.4 Å². The second-order valence-electron chi connectivity index (χ2n) is 4.56. The minimum absolute atomic E-state index is 0.0341. The fourth-order valence-corrected chi connectivity index (χ4v) is 2.86. The fourth-order valence-electron chi connectivity index (χ4n) is 2.86. The lowest BCUT2D eigenvalue weighted by atomic mass is 10.0. The van der Waals surface area contributed by atoms with Crippen molar-refractivity contribution in [1.29, 1.82) is 0 Å². The molecule has 15 heavy (non-hydrogen) atoms. The van der Waals surface area contributed by atoms with Gasteiger partial charge in [-0.2, -0.15) is 0 Å². The van der Waals surface area contributed by atoms with Gasteiger partial charge >= 0.3 is 0 Å². The van der Waals surface area contributed by atoms with Gasteiger partial charge in [0.1, 0.15) is 0 Å². The molecule has 4 nitrogen and oxygen atoms in total. The molecule has 86 valence electrons. The van der Waals surface area contributed by atoms with Crippen LogP contribution in [0.4, 0.5) is 0 Å². The SMILES string of the molecule is NCCC1C(=O)NCCN1C1CCCC1. The normalized spacial score (nSPS) is 29.4. The van der Waals surface area contributed by atoms with Crippen molar-refractivity contribution in [3.05, 3.63) is 0 Å². The van der Waals surface area contributed by atoms with Gasteiger partial charge in [-0.15, -0.1) is 0 Å². The molecule has 1 atom stereocenters. The largest absolute Gasteiger partial charge is 0.353 e. The van der Waals surface area contributed by atoms with Crippen LogP contribution in [-0.2, 0) is 4.79 Å². The van der Waals surface area contributed by atoms with Gasteiger partial charge in [-0.25, -0.2) is 0 Å². The molecule has 2 fully saturated rings. The Bertz CT molecular complexity index is 226. The van der Waals surface area contributed by atoms with Gasteiger partial charge in [0.25, 0.3) is 0 Å². The molecule has 1 saturated carbocycles. The lowest BCUT2D eigenvalue weighted by molar-refractivity contribution is -0.130. The highest BCUT2D eigenvalue weighted by Crippen LogP contribution is 2.26. The van der Waals surface area contributed by atoms with Crippen LogP contribution in [0.5, 0.6) is 0 Å². The van der Waals surface area contributed by atoms with E-state index < -0.39 is 0 Å². The van der Waals surface area contributed by atoms with Gasteiger partial charge in [0.15, 0.2) is 0 Å². The van der Waals surface area contributed by atoms with Crippen LogP contribution in [0.1, 0.15) is 32.1 Å². The van der Waals surface area contributed by atoms with Crippen molar-refractivity contribution in [2.75, 3.05) is 19.6 Å². The van der Waals surface area contributed by atoms with Crippen molar-refractivity contribution in [1.82, 2.24) is 10.2 Å². The summed E-state index contributed by atoms with van der Waals surface area (Å²) in [6.07, 6.45) is 5.95. The fraction of sp³-hybridized carbons (Fsp3) is 0.909. The number of carbonyl (C=O) groups is 1. The summed E-state index contributed by atoms with van der Waals surface area (Å²) >= 11 is 0. The summed E-state index contributed by atoms with van der Waals surface area (Å²) in [4.78, 5) is 14.1. The van der Waals surface area contributed by atoms with E-state index in [2.05, 4.69) is 10.2 Å². The van der Waals surface area contributed by atoms with Crippen LogP contribution in [-0.4, -0.2) is 42.5 Å². The quantitative estimate of drug-likeness (QED) is 0.695. The van der Waals surface area contributed by atoms with E-state index in [1.165, 1.54) is 25.7 Å². The third-order valence-electron chi connectivity index (χ3n) is 3.61. The molecule has 3 N–H and O–H groups in total. The zero-order chi connectivity index (χ0) is 10.7. The van der Waals surface area contributed by atoms with E-state index in [-0.39, 0.29) is 11.9 Å². The molecule has 1 amide bonds. The monoisotopic (exact) mass is 211 g/mol. The van der Waals surface area contributed by atoms with Gasteiger partial charge in [-0.05, 0) is 25.8 Å². The van der Waals surface area contributed by atoms with E-state index in [9.17, 15) is 4.79 Å². The highest BCUT2D eigenvalue weighted by Gasteiger charge is 2.34. The number of hydrogen-bond acceptors (Lipinski definition) is 3. The number of rotatable bonds is 3. The maximum atomic E-state index is 11.7. The molecule has 0 aromatic rings. The van der Waals surface area contributed by atoms with Crippen molar-refractivity contribution in [2.45, 2.75) is 44.2 Å². The highest BCUT2D eigenvalue weighted by atomic mass is 16.2. The van der Waals surface area contributed by atoms with Gasteiger partial charge < -0.3 is 11.1 Å². The first-order valence-electron chi connectivity index (χ1n) is 6.06. The zero-order valence-corrected chi connectivity index (χ0v) is 9.24. The van der Waals surface area contributed by atoms with Crippen molar-refractivity contribution < 1.29 is 4.79 Å². The van der Waals surface area contributed by atoms with Gasteiger partial charge in [0.05, 0.1) is 6.04 Å². The molecule has 4 heteroatoms. The third kappa shape index (κ3) is 2.32. The molecular formula is C11H21N3O. The maximum Gasteiger partial charge on any atom is 0.237 e. The molecule has 0 aromatic carbocycles. The molecule has 1 aliphatic heterocycles. The number of nitrogens with one attached hydrogen (secondary N) is 1. The molecule has 1 heterocycles. The lowest BCUT2D eigenvalue weighted by Gasteiger charge is -2.39. The molecule has 1 unspecified atom stereocenters. The number of hydrogen-bond donors (Lipinski definition) is 2. The van der Waals surface area contributed by atoms with Crippen molar-refractivity contribution in [2.24, 2.45) is 5.73 Å². The molecule has 2 rings (SSSR count). The molecule has 0 aromatic heterocycles. The van der Waals surface area contributed by atoms with E-state index in [0.29, 0.717) is 12.6 Å². The number of carbonyl (C=O) groups excluding carboxylic acids is 1. The summed E-state index contributed by atoms with van der Waals surface area (Å²) in [5, 5.41) is 2.93. The van der Waals surface area contributed by atoms with Crippen LogP contribution in [0, 0.1) is 0 Å².